The molecule has 0 saturated heterocycles. The van der Waals surface area contributed by atoms with E-state index in [2.05, 4.69) is 15.5 Å². The predicted octanol–water partition coefficient (Wildman–Crippen LogP) is 2.48. The molecule has 1 aliphatic carbocycles. The zero-order chi connectivity index (χ0) is 11.5. The fraction of sp³-hybridized carbons (Fsp3) is 0.500. The Bertz CT molecular complexity index is 462. The van der Waals surface area contributed by atoms with Crippen molar-refractivity contribution in [2.45, 2.75) is 31.7 Å². The minimum Gasteiger partial charge on any atom is -0.472 e. The summed E-state index contributed by atoms with van der Waals surface area (Å²) in [4.78, 5) is 0. The minimum absolute atomic E-state index is 0.797. The maximum Gasteiger partial charge on any atom is 0.151 e. The predicted molar refractivity (Wildman–Crippen MR) is 67.0 cm³/mol. The van der Waals surface area contributed by atoms with E-state index in [9.17, 15) is 0 Å². The number of nitrogens with one attached hydrogen (secondary N) is 1. The van der Waals surface area contributed by atoms with E-state index in [1.165, 1.54) is 12.8 Å². The molecule has 0 aliphatic heterocycles. The average molecular weight is 249 g/mol. The van der Waals surface area contributed by atoms with Gasteiger partial charge in [0, 0.05) is 12.5 Å². The van der Waals surface area contributed by atoms with E-state index in [0.29, 0.717) is 0 Å². The molecule has 2 aromatic heterocycles. The first-order valence-electron chi connectivity index (χ1n) is 6.00. The molecular weight excluding hydrogens is 234 g/mol. The Morgan fingerprint density at radius 3 is 3.12 bits per heavy atom. The largest absolute Gasteiger partial charge is 0.472 e. The molecule has 0 atom stereocenters. The van der Waals surface area contributed by atoms with Gasteiger partial charge in [-0.15, -0.1) is 10.2 Å². The normalized spacial score (nSPS) is 15.3. The summed E-state index contributed by atoms with van der Waals surface area (Å²) in [5.74, 6) is 0. The van der Waals surface area contributed by atoms with Gasteiger partial charge in [-0.1, -0.05) is 11.3 Å². The summed E-state index contributed by atoms with van der Waals surface area (Å²) in [7, 11) is 0. The SMILES string of the molecule is c1cc(-c2nnc(CCCNC3CC3)s2)co1. The highest BCUT2D eigenvalue weighted by Gasteiger charge is 2.19. The second-order valence-electron chi connectivity index (χ2n) is 4.34. The number of rotatable bonds is 6. The minimum atomic E-state index is 0.797. The molecule has 0 radical (unpaired) electrons. The van der Waals surface area contributed by atoms with Gasteiger partial charge in [-0.25, -0.2) is 0 Å². The molecule has 2 aromatic rings. The number of hydrogen-bond donors (Lipinski definition) is 1. The molecule has 0 unspecified atom stereocenters. The smallest absolute Gasteiger partial charge is 0.151 e. The third-order valence-corrected chi connectivity index (χ3v) is 3.84. The van der Waals surface area contributed by atoms with Crippen LogP contribution in [0.1, 0.15) is 24.3 Å². The highest BCUT2D eigenvalue weighted by molar-refractivity contribution is 7.14. The molecule has 1 fully saturated rings. The Kier molecular flexibility index (Phi) is 3.20. The maximum absolute atomic E-state index is 5.04. The van der Waals surface area contributed by atoms with Crippen LogP contribution in [0.25, 0.3) is 10.6 Å². The summed E-state index contributed by atoms with van der Waals surface area (Å²) >= 11 is 1.66. The molecule has 90 valence electrons. The van der Waals surface area contributed by atoms with Crippen LogP contribution in [0.5, 0.6) is 0 Å². The van der Waals surface area contributed by atoms with Crippen LogP contribution in [0.15, 0.2) is 23.0 Å². The van der Waals surface area contributed by atoms with E-state index in [1.807, 2.05) is 6.07 Å². The van der Waals surface area contributed by atoms with Crippen molar-refractivity contribution in [1.29, 1.82) is 0 Å². The van der Waals surface area contributed by atoms with Crippen molar-refractivity contribution in [1.82, 2.24) is 15.5 Å². The molecule has 0 amide bonds. The molecule has 0 bridgehead atoms. The van der Waals surface area contributed by atoms with E-state index < -0.39 is 0 Å². The van der Waals surface area contributed by atoms with Gasteiger partial charge < -0.3 is 9.73 Å². The summed E-state index contributed by atoms with van der Waals surface area (Å²) in [5.41, 5.74) is 1.02. The van der Waals surface area contributed by atoms with Crippen LogP contribution in [0.3, 0.4) is 0 Å². The molecule has 0 spiro atoms. The lowest BCUT2D eigenvalue weighted by Gasteiger charge is -1.99. The van der Waals surface area contributed by atoms with Crippen molar-refractivity contribution in [2.75, 3.05) is 6.54 Å². The first-order valence-corrected chi connectivity index (χ1v) is 6.82. The van der Waals surface area contributed by atoms with Crippen LogP contribution in [0.2, 0.25) is 0 Å². The topological polar surface area (TPSA) is 51.0 Å². The lowest BCUT2D eigenvalue weighted by molar-refractivity contribution is 0.568. The number of nitrogens with zero attached hydrogens (tertiary/aromatic N) is 2. The highest BCUT2D eigenvalue weighted by atomic mass is 32.1. The summed E-state index contributed by atoms with van der Waals surface area (Å²) in [6.07, 6.45) is 8.22. The fourth-order valence-corrected chi connectivity index (χ4v) is 2.56. The molecule has 1 N–H and O–H groups in total. The Hall–Kier alpha value is -1.20. The van der Waals surface area contributed by atoms with Gasteiger partial charge >= 0.3 is 0 Å². The number of aromatic nitrogens is 2. The van der Waals surface area contributed by atoms with Crippen LogP contribution in [0.4, 0.5) is 0 Å². The second kappa shape index (κ2) is 4.98. The second-order valence-corrected chi connectivity index (χ2v) is 5.41. The van der Waals surface area contributed by atoms with E-state index in [1.54, 1.807) is 23.9 Å². The highest BCUT2D eigenvalue weighted by Crippen LogP contribution is 2.24. The zero-order valence-corrected chi connectivity index (χ0v) is 10.4. The average Bonchev–Trinajstić information content (AvgIpc) is 2.84. The molecule has 4 nitrogen and oxygen atoms in total. The van der Waals surface area contributed by atoms with Crippen LogP contribution in [-0.2, 0) is 6.42 Å². The summed E-state index contributed by atoms with van der Waals surface area (Å²) in [6.45, 7) is 1.09. The molecule has 1 saturated carbocycles. The number of furan rings is 1. The summed E-state index contributed by atoms with van der Waals surface area (Å²) < 4.78 is 5.04. The van der Waals surface area contributed by atoms with Gasteiger partial charge in [0.15, 0.2) is 5.01 Å². The molecule has 17 heavy (non-hydrogen) atoms. The third-order valence-electron chi connectivity index (χ3n) is 2.81. The molecule has 1 aliphatic rings. The van der Waals surface area contributed by atoms with E-state index >= 15 is 0 Å². The lowest BCUT2D eigenvalue weighted by Crippen LogP contribution is -2.17. The molecule has 2 heterocycles. The van der Waals surface area contributed by atoms with Crippen LogP contribution < -0.4 is 5.32 Å². The maximum atomic E-state index is 5.04. The Morgan fingerprint density at radius 2 is 2.35 bits per heavy atom. The monoisotopic (exact) mass is 249 g/mol. The first kappa shape index (κ1) is 10.9. The van der Waals surface area contributed by atoms with Crippen LogP contribution >= 0.6 is 11.3 Å². The van der Waals surface area contributed by atoms with Crippen molar-refractivity contribution in [3.05, 3.63) is 23.6 Å². The van der Waals surface area contributed by atoms with Gasteiger partial charge in [-0.05, 0) is 31.9 Å². The quantitative estimate of drug-likeness (QED) is 0.799. The summed E-state index contributed by atoms with van der Waals surface area (Å²) in [6, 6.07) is 2.71. The molecule has 3 rings (SSSR count). The number of hydrogen-bond acceptors (Lipinski definition) is 5. The molecule has 0 aromatic carbocycles. The van der Waals surface area contributed by atoms with Gasteiger partial charge in [-0.3, -0.25) is 0 Å². The zero-order valence-electron chi connectivity index (χ0n) is 9.56. The number of aryl methyl sites for hydroxylation is 1. The standard InChI is InChI=1S/C12H15N3OS/c1(6-13-10-3-4-10)2-11-14-15-12(17-11)9-5-7-16-8-9/h5,7-8,10,13H,1-4,6H2. The third kappa shape index (κ3) is 2.92. The van der Waals surface area contributed by atoms with Crippen molar-refractivity contribution >= 4 is 11.3 Å². The van der Waals surface area contributed by atoms with Gasteiger partial charge in [0.05, 0.1) is 11.8 Å². The lowest BCUT2D eigenvalue weighted by atomic mass is 10.3. The fourth-order valence-electron chi connectivity index (χ4n) is 1.69. The van der Waals surface area contributed by atoms with Crippen molar-refractivity contribution < 1.29 is 4.42 Å². The summed E-state index contributed by atoms with van der Waals surface area (Å²) in [5, 5.41) is 13.9. The van der Waals surface area contributed by atoms with E-state index in [0.717, 1.165) is 41.0 Å². The molecule has 5 heteroatoms. The Morgan fingerprint density at radius 1 is 1.41 bits per heavy atom. The first-order chi connectivity index (χ1) is 8.42. The Labute approximate surface area is 104 Å². The van der Waals surface area contributed by atoms with Crippen molar-refractivity contribution in [3.8, 4) is 10.6 Å². The van der Waals surface area contributed by atoms with Gasteiger partial charge in [0.1, 0.15) is 11.3 Å². The van der Waals surface area contributed by atoms with Gasteiger partial charge in [0.25, 0.3) is 0 Å². The van der Waals surface area contributed by atoms with Crippen molar-refractivity contribution in [3.63, 3.8) is 0 Å². The van der Waals surface area contributed by atoms with E-state index in [4.69, 9.17) is 4.42 Å². The Balaban J connectivity index is 1.50. The van der Waals surface area contributed by atoms with Crippen LogP contribution in [-0.4, -0.2) is 22.8 Å². The van der Waals surface area contributed by atoms with Crippen molar-refractivity contribution in [2.24, 2.45) is 0 Å². The van der Waals surface area contributed by atoms with Gasteiger partial charge in [0.2, 0.25) is 0 Å². The molecular formula is C12H15N3OS. The van der Waals surface area contributed by atoms with Gasteiger partial charge in [-0.2, -0.15) is 0 Å². The van der Waals surface area contributed by atoms with E-state index in [-0.39, 0.29) is 0 Å². The van der Waals surface area contributed by atoms with Crippen LogP contribution in [0, 0.1) is 0 Å².